The number of hydrogen-bond donors (Lipinski definition) is 2. The van der Waals surface area contributed by atoms with Gasteiger partial charge in [0.05, 0.1) is 5.39 Å². The fourth-order valence-electron chi connectivity index (χ4n) is 4.32. The third-order valence-corrected chi connectivity index (χ3v) is 5.84. The van der Waals surface area contributed by atoms with Gasteiger partial charge in [-0.15, -0.1) is 0 Å². The first-order valence-electron chi connectivity index (χ1n) is 10.0. The fraction of sp³-hybridized carbons (Fsp3) is 0.650. The van der Waals surface area contributed by atoms with Gasteiger partial charge in [0.2, 0.25) is 0 Å². The van der Waals surface area contributed by atoms with Crippen LogP contribution in [0.3, 0.4) is 0 Å². The minimum absolute atomic E-state index is 0.150. The van der Waals surface area contributed by atoms with E-state index in [1.807, 2.05) is 19.2 Å². The number of nitrogens with one attached hydrogen (secondary N) is 2. The first-order chi connectivity index (χ1) is 12.7. The van der Waals surface area contributed by atoms with Gasteiger partial charge < -0.3 is 10.6 Å². The highest BCUT2D eigenvalue weighted by atomic mass is 16.1. The number of fused-ring (bicyclic) bond motifs is 1. The average molecular weight is 355 g/mol. The molecule has 0 atom stereocenters. The molecule has 3 heterocycles. The number of carbonyl (C=O) groups excluding carboxylic acids is 1. The van der Waals surface area contributed by atoms with E-state index in [4.69, 9.17) is 4.98 Å². The van der Waals surface area contributed by atoms with Crippen LogP contribution in [0.2, 0.25) is 0 Å². The second-order valence-electron chi connectivity index (χ2n) is 7.84. The Morgan fingerprint density at radius 1 is 1.19 bits per heavy atom. The molecule has 140 valence electrons. The zero-order chi connectivity index (χ0) is 17.9. The van der Waals surface area contributed by atoms with Crippen LogP contribution in [-0.2, 0) is 7.05 Å². The molecule has 2 aromatic heterocycles. The number of Topliss-reactive ketones (excluding diaryl/α,β-unsaturated/α-hetero) is 1. The number of anilines is 1. The van der Waals surface area contributed by atoms with Crippen molar-refractivity contribution in [2.75, 3.05) is 18.4 Å². The van der Waals surface area contributed by atoms with Gasteiger partial charge >= 0.3 is 0 Å². The standard InChI is InChI=1S/C20H29N5O/c1-25-20-16(7-8-18(23-20)22-15-5-3-2-4-6-15)19(24-25)17(26)13-14-9-11-21-12-10-14/h7-8,14-15,21H,2-6,9-13H2,1H3,(H,22,23). The maximum atomic E-state index is 12.8. The van der Waals surface area contributed by atoms with Crippen LogP contribution >= 0.6 is 0 Å². The summed E-state index contributed by atoms with van der Waals surface area (Å²) in [6.45, 7) is 2.03. The first kappa shape index (κ1) is 17.5. The molecule has 0 amide bonds. The quantitative estimate of drug-likeness (QED) is 0.805. The SMILES string of the molecule is Cn1nc(C(=O)CC2CCNCC2)c2ccc(NC3CCCCC3)nc21. The Kier molecular flexibility index (Phi) is 5.20. The van der Waals surface area contributed by atoms with Crippen molar-refractivity contribution in [2.24, 2.45) is 13.0 Å². The summed E-state index contributed by atoms with van der Waals surface area (Å²) in [5, 5.41) is 12.3. The molecule has 1 aliphatic heterocycles. The molecule has 0 bridgehead atoms. The summed E-state index contributed by atoms with van der Waals surface area (Å²) in [5.74, 6) is 1.52. The molecule has 2 aliphatic rings. The van der Waals surface area contributed by atoms with Crippen molar-refractivity contribution >= 4 is 22.6 Å². The van der Waals surface area contributed by atoms with E-state index in [0.717, 1.165) is 42.8 Å². The Hall–Kier alpha value is -1.95. The highest BCUT2D eigenvalue weighted by molar-refractivity contribution is 6.05. The molecule has 4 rings (SSSR count). The second kappa shape index (κ2) is 7.74. The van der Waals surface area contributed by atoms with Crippen molar-refractivity contribution in [3.63, 3.8) is 0 Å². The lowest BCUT2D eigenvalue weighted by Gasteiger charge is -2.23. The van der Waals surface area contributed by atoms with E-state index in [2.05, 4.69) is 15.7 Å². The highest BCUT2D eigenvalue weighted by Gasteiger charge is 2.23. The lowest BCUT2D eigenvalue weighted by atomic mass is 9.91. The average Bonchev–Trinajstić information content (AvgIpc) is 3.00. The zero-order valence-corrected chi connectivity index (χ0v) is 15.6. The lowest BCUT2D eigenvalue weighted by molar-refractivity contribution is 0.0948. The molecule has 1 saturated heterocycles. The predicted octanol–water partition coefficient (Wildman–Crippen LogP) is 3.29. The summed E-state index contributed by atoms with van der Waals surface area (Å²) >= 11 is 0. The topological polar surface area (TPSA) is 71.8 Å². The number of carbonyl (C=O) groups is 1. The number of ketones is 1. The Morgan fingerprint density at radius 3 is 2.73 bits per heavy atom. The van der Waals surface area contributed by atoms with Gasteiger partial charge in [-0.1, -0.05) is 19.3 Å². The minimum atomic E-state index is 0.150. The molecular weight excluding hydrogens is 326 g/mol. The van der Waals surface area contributed by atoms with E-state index in [1.54, 1.807) is 4.68 Å². The molecule has 2 aromatic rings. The van der Waals surface area contributed by atoms with Gasteiger partial charge in [-0.3, -0.25) is 4.79 Å². The highest BCUT2D eigenvalue weighted by Crippen LogP contribution is 2.25. The van der Waals surface area contributed by atoms with E-state index in [0.29, 0.717) is 24.1 Å². The van der Waals surface area contributed by atoms with Gasteiger partial charge in [-0.2, -0.15) is 5.10 Å². The maximum absolute atomic E-state index is 12.8. The molecule has 1 aliphatic carbocycles. The predicted molar refractivity (Wildman–Crippen MR) is 104 cm³/mol. The first-order valence-corrected chi connectivity index (χ1v) is 10.0. The molecular formula is C20H29N5O. The molecule has 0 spiro atoms. The van der Waals surface area contributed by atoms with Crippen molar-refractivity contribution in [2.45, 2.75) is 57.4 Å². The summed E-state index contributed by atoms with van der Waals surface area (Å²) in [7, 11) is 1.88. The van der Waals surface area contributed by atoms with Gasteiger partial charge in [0, 0.05) is 19.5 Å². The lowest BCUT2D eigenvalue weighted by Crippen LogP contribution is -2.29. The molecule has 6 nitrogen and oxygen atoms in total. The van der Waals surface area contributed by atoms with Crippen LogP contribution in [0.4, 0.5) is 5.82 Å². The van der Waals surface area contributed by atoms with E-state index in [-0.39, 0.29) is 5.78 Å². The number of rotatable bonds is 5. The number of pyridine rings is 1. The number of piperidine rings is 1. The van der Waals surface area contributed by atoms with Gasteiger partial charge in [0.25, 0.3) is 0 Å². The van der Waals surface area contributed by atoms with Gasteiger partial charge in [-0.25, -0.2) is 9.67 Å². The summed E-state index contributed by atoms with van der Waals surface area (Å²) in [6.07, 6.45) is 9.09. The molecule has 2 fully saturated rings. The fourth-order valence-corrected chi connectivity index (χ4v) is 4.32. The van der Waals surface area contributed by atoms with E-state index < -0.39 is 0 Å². The Bertz CT molecular complexity index is 772. The third kappa shape index (κ3) is 3.75. The van der Waals surface area contributed by atoms with Crippen LogP contribution in [0.1, 0.15) is 61.9 Å². The normalized spacial score (nSPS) is 19.7. The Labute approximate surface area is 154 Å². The van der Waals surface area contributed by atoms with Gasteiger partial charge in [0.15, 0.2) is 11.4 Å². The zero-order valence-electron chi connectivity index (χ0n) is 15.6. The molecule has 0 unspecified atom stereocenters. The van der Waals surface area contributed by atoms with Crippen molar-refractivity contribution in [3.8, 4) is 0 Å². The molecule has 0 aromatic carbocycles. The molecule has 2 N–H and O–H groups in total. The van der Waals surface area contributed by atoms with Gasteiger partial charge in [0.1, 0.15) is 11.5 Å². The summed E-state index contributed by atoms with van der Waals surface area (Å²) in [5.41, 5.74) is 1.37. The van der Waals surface area contributed by atoms with Crippen LogP contribution in [0.15, 0.2) is 12.1 Å². The Balaban J connectivity index is 1.52. The van der Waals surface area contributed by atoms with Crippen molar-refractivity contribution < 1.29 is 4.79 Å². The van der Waals surface area contributed by atoms with E-state index in [9.17, 15) is 4.79 Å². The van der Waals surface area contributed by atoms with Crippen LogP contribution in [-0.4, -0.2) is 39.7 Å². The molecule has 26 heavy (non-hydrogen) atoms. The second-order valence-corrected chi connectivity index (χ2v) is 7.84. The number of aryl methyl sites for hydroxylation is 1. The minimum Gasteiger partial charge on any atom is -0.367 e. The largest absolute Gasteiger partial charge is 0.367 e. The van der Waals surface area contributed by atoms with E-state index >= 15 is 0 Å². The van der Waals surface area contributed by atoms with Crippen LogP contribution in [0.5, 0.6) is 0 Å². The smallest absolute Gasteiger partial charge is 0.184 e. The number of nitrogens with zero attached hydrogens (tertiary/aromatic N) is 3. The van der Waals surface area contributed by atoms with Gasteiger partial charge in [-0.05, 0) is 56.8 Å². The molecule has 6 heteroatoms. The third-order valence-electron chi connectivity index (χ3n) is 5.84. The Morgan fingerprint density at radius 2 is 1.96 bits per heavy atom. The monoisotopic (exact) mass is 355 g/mol. The molecule has 1 saturated carbocycles. The van der Waals surface area contributed by atoms with Crippen LogP contribution in [0, 0.1) is 5.92 Å². The van der Waals surface area contributed by atoms with Crippen LogP contribution in [0.25, 0.3) is 11.0 Å². The van der Waals surface area contributed by atoms with Crippen LogP contribution < -0.4 is 10.6 Å². The van der Waals surface area contributed by atoms with Crippen molar-refractivity contribution in [1.29, 1.82) is 0 Å². The molecule has 0 radical (unpaired) electrons. The maximum Gasteiger partial charge on any atom is 0.184 e. The summed E-state index contributed by atoms with van der Waals surface area (Å²) in [6, 6.07) is 4.53. The van der Waals surface area contributed by atoms with Crippen molar-refractivity contribution in [3.05, 3.63) is 17.8 Å². The summed E-state index contributed by atoms with van der Waals surface area (Å²) < 4.78 is 1.75. The number of aromatic nitrogens is 3. The van der Waals surface area contributed by atoms with E-state index in [1.165, 1.54) is 32.1 Å². The summed E-state index contributed by atoms with van der Waals surface area (Å²) in [4.78, 5) is 17.5. The number of hydrogen-bond acceptors (Lipinski definition) is 5. The van der Waals surface area contributed by atoms with Crippen molar-refractivity contribution in [1.82, 2.24) is 20.1 Å².